The van der Waals surface area contributed by atoms with Crippen LogP contribution in [0, 0.1) is 0 Å². The Labute approximate surface area is 102 Å². The fraction of sp³-hybridized carbons (Fsp3) is 0.727. The van der Waals surface area contributed by atoms with Crippen LogP contribution < -0.4 is 5.32 Å². The van der Waals surface area contributed by atoms with Crippen LogP contribution in [0.4, 0.5) is 4.79 Å². The molecule has 1 saturated heterocycles. The Morgan fingerprint density at radius 1 is 1.56 bits per heavy atom. The molecule has 1 heterocycles. The summed E-state index contributed by atoms with van der Waals surface area (Å²) in [5.74, 6) is 0. The average Bonchev–Trinajstić information content (AvgIpc) is 1.96. The van der Waals surface area contributed by atoms with Crippen molar-refractivity contribution in [3.8, 4) is 0 Å². The summed E-state index contributed by atoms with van der Waals surface area (Å²) in [5.41, 5.74) is -0.431. The van der Waals surface area contributed by atoms with Gasteiger partial charge in [0.15, 0.2) is 0 Å². The van der Waals surface area contributed by atoms with Crippen molar-refractivity contribution >= 4 is 17.7 Å². The topological polar surface area (TPSA) is 41.6 Å². The second kappa shape index (κ2) is 5.06. The zero-order chi connectivity index (χ0) is 12.3. The lowest BCUT2D eigenvalue weighted by Gasteiger charge is -2.40. The maximum Gasteiger partial charge on any atom is 0.410 e. The normalized spacial score (nSPS) is 16.9. The number of halogens is 1. The molecule has 0 aromatic carbocycles. The highest BCUT2D eigenvalue weighted by Gasteiger charge is 2.33. The number of carbonyl (C=O) groups is 1. The molecule has 0 radical (unpaired) electrons. The minimum Gasteiger partial charge on any atom is -0.444 e. The summed E-state index contributed by atoms with van der Waals surface area (Å²) >= 11 is 5.63. The molecule has 0 aliphatic carbocycles. The van der Waals surface area contributed by atoms with Crippen molar-refractivity contribution in [2.75, 3.05) is 19.6 Å². The van der Waals surface area contributed by atoms with Gasteiger partial charge in [0, 0.05) is 30.7 Å². The predicted molar refractivity (Wildman–Crippen MR) is 64.6 cm³/mol. The summed E-state index contributed by atoms with van der Waals surface area (Å²) in [6, 6.07) is 0.294. The van der Waals surface area contributed by atoms with Crippen LogP contribution in [0.3, 0.4) is 0 Å². The van der Waals surface area contributed by atoms with Crippen LogP contribution in [0.15, 0.2) is 11.6 Å². The van der Waals surface area contributed by atoms with Gasteiger partial charge >= 0.3 is 6.09 Å². The lowest BCUT2D eigenvalue weighted by molar-refractivity contribution is 0.00568. The van der Waals surface area contributed by atoms with Gasteiger partial charge in [-0.2, -0.15) is 0 Å². The van der Waals surface area contributed by atoms with E-state index in [1.54, 1.807) is 4.90 Å². The molecule has 92 valence electrons. The van der Waals surface area contributed by atoms with Crippen molar-refractivity contribution in [3.63, 3.8) is 0 Å². The molecule has 1 N–H and O–H groups in total. The van der Waals surface area contributed by atoms with Gasteiger partial charge in [-0.3, -0.25) is 0 Å². The first-order valence-corrected chi connectivity index (χ1v) is 5.70. The van der Waals surface area contributed by atoms with E-state index >= 15 is 0 Å². The molecule has 0 bridgehead atoms. The van der Waals surface area contributed by atoms with E-state index in [1.165, 1.54) is 0 Å². The van der Waals surface area contributed by atoms with E-state index in [0.29, 0.717) is 30.7 Å². The summed E-state index contributed by atoms with van der Waals surface area (Å²) < 4.78 is 5.23. The number of nitrogens with one attached hydrogen (secondary N) is 1. The highest BCUT2D eigenvalue weighted by Crippen LogP contribution is 2.15. The molecule has 0 aromatic rings. The van der Waals surface area contributed by atoms with Gasteiger partial charge in [0.1, 0.15) is 5.60 Å². The van der Waals surface area contributed by atoms with Crippen LogP contribution in [0.25, 0.3) is 0 Å². The third-order valence-electron chi connectivity index (χ3n) is 2.12. The minimum absolute atomic E-state index is 0.254. The lowest BCUT2D eigenvalue weighted by atomic mass is 10.1. The molecule has 1 aliphatic rings. The van der Waals surface area contributed by atoms with Crippen molar-refractivity contribution < 1.29 is 9.53 Å². The molecule has 1 fully saturated rings. The number of hydrogen-bond acceptors (Lipinski definition) is 3. The molecule has 0 aromatic heterocycles. The molecule has 5 heteroatoms. The van der Waals surface area contributed by atoms with Crippen LogP contribution in [0.2, 0.25) is 0 Å². The van der Waals surface area contributed by atoms with Gasteiger partial charge < -0.3 is 15.0 Å². The lowest BCUT2D eigenvalue weighted by Crippen LogP contribution is -2.60. The molecule has 0 atom stereocenters. The molecule has 0 saturated carbocycles. The summed E-state index contributed by atoms with van der Waals surface area (Å²) in [4.78, 5) is 13.2. The SMILES string of the molecule is C=C(Cl)CNC1CN(C(=O)OC(C)(C)C)C1. The van der Waals surface area contributed by atoms with Crippen molar-refractivity contribution in [1.29, 1.82) is 0 Å². The Morgan fingerprint density at radius 2 is 2.12 bits per heavy atom. The smallest absolute Gasteiger partial charge is 0.410 e. The summed E-state index contributed by atoms with van der Waals surface area (Å²) in [6.45, 7) is 11.1. The Balaban J connectivity index is 2.20. The van der Waals surface area contributed by atoms with E-state index in [0.717, 1.165) is 0 Å². The van der Waals surface area contributed by atoms with Crippen molar-refractivity contribution in [2.45, 2.75) is 32.4 Å². The maximum atomic E-state index is 11.6. The summed E-state index contributed by atoms with van der Waals surface area (Å²) in [5, 5.41) is 3.76. The molecular weight excluding hydrogens is 228 g/mol. The number of ether oxygens (including phenoxy) is 1. The summed E-state index contributed by atoms with van der Waals surface area (Å²) in [7, 11) is 0. The quantitative estimate of drug-likeness (QED) is 0.828. The zero-order valence-corrected chi connectivity index (χ0v) is 10.8. The Hall–Kier alpha value is -0.740. The Bertz CT molecular complexity index is 280. The van der Waals surface area contributed by atoms with E-state index in [1.807, 2.05) is 20.8 Å². The highest BCUT2D eigenvalue weighted by atomic mass is 35.5. The third kappa shape index (κ3) is 4.41. The van der Waals surface area contributed by atoms with Gasteiger partial charge in [0.05, 0.1) is 0 Å². The number of hydrogen-bond donors (Lipinski definition) is 1. The van der Waals surface area contributed by atoms with E-state index in [-0.39, 0.29) is 6.09 Å². The largest absolute Gasteiger partial charge is 0.444 e. The molecule has 0 spiro atoms. The molecule has 0 unspecified atom stereocenters. The van der Waals surface area contributed by atoms with Crippen LogP contribution in [0.1, 0.15) is 20.8 Å². The van der Waals surface area contributed by atoms with Gasteiger partial charge in [0.2, 0.25) is 0 Å². The molecule has 1 amide bonds. The zero-order valence-electron chi connectivity index (χ0n) is 10.0. The molecule has 1 aliphatic heterocycles. The average molecular weight is 247 g/mol. The van der Waals surface area contributed by atoms with Crippen LogP contribution in [-0.4, -0.2) is 42.3 Å². The standard InChI is InChI=1S/C11H19ClN2O2/c1-8(12)5-13-9-6-14(7-9)10(15)16-11(2,3)4/h9,13H,1,5-7H2,2-4H3. The first-order valence-electron chi connectivity index (χ1n) is 5.32. The summed E-state index contributed by atoms with van der Waals surface area (Å²) in [6.07, 6.45) is -0.254. The molecule has 16 heavy (non-hydrogen) atoms. The third-order valence-corrected chi connectivity index (χ3v) is 2.25. The van der Waals surface area contributed by atoms with Crippen molar-refractivity contribution in [2.24, 2.45) is 0 Å². The molecule has 4 nitrogen and oxygen atoms in total. The molecular formula is C11H19ClN2O2. The second-order valence-corrected chi connectivity index (χ2v) is 5.51. The van der Waals surface area contributed by atoms with Gasteiger partial charge in [0.25, 0.3) is 0 Å². The van der Waals surface area contributed by atoms with Crippen molar-refractivity contribution in [3.05, 3.63) is 11.6 Å². The van der Waals surface area contributed by atoms with Gasteiger partial charge in [-0.25, -0.2) is 4.79 Å². The number of carbonyl (C=O) groups excluding carboxylic acids is 1. The monoisotopic (exact) mass is 246 g/mol. The first-order chi connectivity index (χ1) is 7.28. The van der Waals surface area contributed by atoms with E-state index < -0.39 is 5.60 Å². The predicted octanol–water partition coefficient (Wildman–Crippen LogP) is 1.95. The highest BCUT2D eigenvalue weighted by molar-refractivity contribution is 6.29. The first kappa shape index (κ1) is 13.3. The molecule has 1 rings (SSSR count). The minimum atomic E-state index is -0.431. The second-order valence-electron chi connectivity index (χ2n) is 4.98. The number of amides is 1. The van der Waals surface area contributed by atoms with E-state index in [9.17, 15) is 4.79 Å². The van der Waals surface area contributed by atoms with Crippen LogP contribution in [-0.2, 0) is 4.74 Å². The maximum absolute atomic E-state index is 11.6. The van der Waals surface area contributed by atoms with Crippen LogP contribution in [0.5, 0.6) is 0 Å². The van der Waals surface area contributed by atoms with Crippen LogP contribution >= 0.6 is 11.6 Å². The fourth-order valence-electron chi connectivity index (χ4n) is 1.34. The number of likely N-dealkylation sites (tertiary alicyclic amines) is 1. The van der Waals surface area contributed by atoms with E-state index in [2.05, 4.69) is 11.9 Å². The van der Waals surface area contributed by atoms with Crippen molar-refractivity contribution in [1.82, 2.24) is 10.2 Å². The number of rotatable bonds is 3. The fourth-order valence-corrected chi connectivity index (χ4v) is 1.42. The van der Waals surface area contributed by atoms with Gasteiger partial charge in [-0.05, 0) is 20.8 Å². The van der Waals surface area contributed by atoms with Gasteiger partial charge in [-0.15, -0.1) is 0 Å². The van der Waals surface area contributed by atoms with Gasteiger partial charge in [-0.1, -0.05) is 18.2 Å². The van der Waals surface area contributed by atoms with E-state index in [4.69, 9.17) is 16.3 Å². The Morgan fingerprint density at radius 3 is 2.56 bits per heavy atom. The Kier molecular flexibility index (Phi) is 4.21. The number of nitrogens with zero attached hydrogens (tertiary/aromatic N) is 1.